The molecule has 0 unspecified atom stereocenters. The highest BCUT2D eigenvalue weighted by molar-refractivity contribution is 5.42. The summed E-state index contributed by atoms with van der Waals surface area (Å²) >= 11 is 0. The predicted molar refractivity (Wildman–Crippen MR) is 54.5 cm³/mol. The summed E-state index contributed by atoms with van der Waals surface area (Å²) in [5, 5.41) is 10.8. The van der Waals surface area contributed by atoms with Gasteiger partial charge in [0.2, 0.25) is 0 Å². The summed E-state index contributed by atoms with van der Waals surface area (Å²) < 4.78 is 10.3. The van der Waals surface area contributed by atoms with Crippen LogP contribution >= 0.6 is 0 Å². The van der Waals surface area contributed by atoms with E-state index in [1.54, 1.807) is 25.1 Å². The maximum Gasteiger partial charge on any atom is 0.277 e. The van der Waals surface area contributed by atoms with Gasteiger partial charge in [0, 0.05) is 20.3 Å². The molecular formula is C10H13NO4. The van der Waals surface area contributed by atoms with E-state index in [4.69, 9.17) is 9.47 Å². The van der Waals surface area contributed by atoms with Gasteiger partial charge in [0.1, 0.15) is 0 Å². The van der Waals surface area contributed by atoms with Gasteiger partial charge in [-0.1, -0.05) is 12.1 Å². The van der Waals surface area contributed by atoms with Crippen molar-refractivity contribution in [2.75, 3.05) is 14.2 Å². The minimum atomic E-state index is -1.09. The molecule has 0 aliphatic rings. The minimum absolute atomic E-state index is 0.0105. The van der Waals surface area contributed by atoms with Gasteiger partial charge in [-0.3, -0.25) is 10.1 Å². The molecule has 0 spiro atoms. The Bertz CT molecular complexity index is 360. The molecule has 0 saturated heterocycles. The van der Waals surface area contributed by atoms with Gasteiger partial charge in [-0.2, -0.15) is 0 Å². The molecule has 1 rings (SSSR count). The van der Waals surface area contributed by atoms with Gasteiger partial charge in [0.15, 0.2) is 5.79 Å². The van der Waals surface area contributed by atoms with Crippen molar-refractivity contribution in [2.24, 2.45) is 0 Å². The third-order valence-electron chi connectivity index (χ3n) is 2.37. The summed E-state index contributed by atoms with van der Waals surface area (Å²) in [6, 6.07) is 6.35. The van der Waals surface area contributed by atoms with Gasteiger partial charge in [-0.05, 0) is 13.0 Å². The number of nitrogens with zero attached hydrogens (tertiary/aromatic N) is 1. The molecule has 0 N–H and O–H groups in total. The Balaban J connectivity index is 3.29. The molecule has 0 bridgehead atoms. The van der Waals surface area contributed by atoms with Crippen LogP contribution in [-0.4, -0.2) is 19.1 Å². The van der Waals surface area contributed by atoms with E-state index in [0.29, 0.717) is 5.56 Å². The highest BCUT2D eigenvalue weighted by Gasteiger charge is 2.32. The highest BCUT2D eigenvalue weighted by atomic mass is 16.7. The van der Waals surface area contributed by atoms with Crippen molar-refractivity contribution in [2.45, 2.75) is 12.7 Å². The lowest BCUT2D eigenvalue weighted by Crippen LogP contribution is -2.27. The topological polar surface area (TPSA) is 61.6 Å². The molecule has 0 radical (unpaired) electrons. The minimum Gasteiger partial charge on any atom is -0.349 e. The molecule has 0 saturated carbocycles. The number of rotatable bonds is 4. The van der Waals surface area contributed by atoms with Crippen LogP contribution in [0.15, 0.2) is 24.3 Å². The Morgan fingerprint density at radius 1 is 1.27 bits per heavy atom. The first-order chi connectivity index (χ1) is 7.05. The Kier molecular flexibility index (Phi) is 3.39. The van der Waals surface area contributed by atoms with E-state index in [9.17, 15) is 10.1 Å². The fraction of sp³-hybridized carbons (Fsp3) is 0.400. The molecule has 0 fully saturated rings. The smallest absolute Gasteiger partial charge is 0.277 e. The van der Waals surface area contributed by atoms with Gasteiger partial charge in [0.05, 0.1) is 10.5 Å². The second-order valence-electron chi connectivity index (χ2n) is 3.13. The fourth-order valence-corrected chi connectivity index (χ4v) is 1.32. The van der Waals surface area contributed by atoms with Gasteiger partial charge in [0.25, 0.3) is 5.69 Å². The Morgan fingerprint density at radius 2 is 1.80 bits per heavy atom. The van der Waals surface area contributed by atoms with Gasteiger partial charge in [-0.25, -0.2) is 0 Å². The average molecular weight is 211 g/mol. The zero-order valence-electron chi connectivity index (χ0n) is 8.89. The lowest BCUT2D eigenvalue weighted by Gasteiger charge is -2.26. The molecule has 0 aliphatic heterocycles. The van der Waals surface area contributed by atoms with Gasteiger partial charge >= 0.3 is 0 Å². The molecule has 1 aromatic carbocycles. The second kappa shape index (κ2) is 4.37. The number of hydrogen-bond donors (Lipinski definition) is 0. The number of ether oxygens (including phenoxy) is 2. The van der Waals surface area contributed by atoms with Crippen molar-refractivity contribution >= 4 is 5.69 Å². The maximum atomic E-state index is 10.8. The summed E-state index contributed by atoms with van der Waals surface area (Å²) in [7, 11) is 2.89. The van der Waals surface area contributed by atoms with Gasteiger partial charge in [-0.15, -0.1) is 0 Å². The molecule has 5 heteroatoms. The lowest BCUT2D eigenvalue weighted by atomic mass is 10.1. The van der Waals surface area contributed by atoms with Crippen molar-refractivity contribution in [1.29, 1.82) is 0 Å². The fourth-order valence-electron chi connectivity index (χ4n) is 1.32. The second-order valence-corrected chi connectivity index (χ2v) is 3.13. The van der Waals surface area contributed by atoms with Crippen LogP contribution < -0.4 is 0 Å². The largest absolute Gasteiger partial charge is 0.349 e. The first-order valence-corrected chi connectivity index (χ1v) is 4.39. The molecule has 82 valence electrons. The zero-order chi connectivity index (χ0) is 11.5. The number of benzene rings is 1. The third kappa shape index (κ3) is 2.14. The maximum absolute atomic E-state index is 10.8. The Labute approximate surface area is 87.8 Å². The van der Waals surface area contributed by atoms with Crippen LogP contribution in [0.1, 0.15) is 12.5 Å². The van der Waals surface area contributed by atoms with Crippen molar-refractivity contribution in [3.63, 3.8) is 0 Å². The SMILES string of the molecule is COC(C)(OC)c1ccccc1[N+](=O)[O-]. The summed E-state index contributed by atoms with van der Waals surface area (Å²) in [4.78, 5) is 10.3. The zero-order valence-corrected chi connectivity index (χ0v) is 8.89. The summed E-state index contributed by atoms with van der Waals surface area (Å²) in [6.07, 6.45) is 0. The monoisotopic (exact) mass is 211 g/mol. The van der Waals surface area contributed by atoms with Crippen LogP contribution in [0, 0.1) is 10.1 Å². The number of para-hydroxylation sites is 1. The quantitative estimate of drug-likeness (QED) is 0.434. The van der Waals surface area contributed by atoms with Crippen LogP contribution in [0.4, 0.5) is 5.69 Å². The van der Waals surface area contributed by atoms with Crippen molar-refractivity contribution in [3.8, 4) is 0 Å². The molecular weight excluding hydrogens is 198 g/mol. The molecule has 15 heavy (non-hydrogen) atoms. The van der Waals surface area contributed by atoms with Crippen LogP contribution in [0.5, 0.6) is 0 Å². The van der Waals surface area contributed by atoms with Crippen molar-refractivity contribution < 1.29 is 14.4 Å². The molecule has 0 atom stereocenters. The van der Waals surface area contributed by atoms with Crippen LogP contribution in [0.25, 0.3) is 0 Å². The molecule has 0 amide bonds. The molecule has 1 aromatic rings. The average Bonchev–Trinajstić information content (AvgIpc) is 2.28. The summed E-state index contributed by atoms with van der Waals surface area (Å²) in [6.45, 7) is 1.63. The lowest BCUT2D eigenvalue weighted by molar-refractivity contribution is -0.388. The van der Waals surface area contributed by atoms with E-state index in [-0.39, 0.29) is 5.69 Å². The first kappa shape index (κ1) is 11.6. The Morgan fingerprint density at radius 3 is 2.27 bits per heavy atom. The van der Waals surface area contributed by atoms with Crippen molar-refractivity contribution in [3.05, 3.63) is 39.9 Å². The summed E-state index contributed by atoms with van der Waals surface area (Å²) in [5.74, 6) is -1.09. The normalized spacial score (nSPS) is 11.4. The predicted octanol–water partition coefficient (Wildman–Crippen LogP) is 2.06. The standard InChI is InChI=1S/C10H13NO4/c1-10(14-2,15-3)8-6-4-5-7-9(8)11(12)13/h4-7H,1-3H3. The number of nitro groups is 1. The molecule has 0 aliphatic carbocycles. The molecule has 5 nitrogen and oxygen atoms in total. The van der Waals surface area contributed by atoms with Crippen LogP contribution in [0.3, 0.4) is 0 Å². The van der Waals surface area contributed by atoms with E-state index in [2.05, 4.69) is 0 Å². The third-order valence-corrected chi connectivity index (χ3v) is 2.37. The highest BCUT2D eigenvalue weighted by Crippen LogP contribution is 2.32. The van der Waals surface area contributed by atoms with E-state index < -0.39 is 10.7 Å². The van der Waals surface area contributed by atoms with Crippen LogP contribution in [-0.2, 0) is 15.3 Å². The van der Waals surface area contributed by atoms with Crippen LogP contribution in [0.2, 0.25) is 0 Å². The van der Waals surface area contributed by atoms with E-state index in [1.807, 2.05) is 0 Å². The first-order valence-electron chi connectivity index (χ1n) is 4.39. The van der Waals surface area contributed by atoms with E-state index >= 15 is 0 Å². The summed E-state index contributed by atoms with van der Waals surface area (Å²) in [5.41, 5.74) is 0.392. The number of nitro benzene ring substituents is 1. The van der Waals surface area contributed by atoms with E-state index in [0.717, 1.165) is 0 Å². The Hall–Kier alpha value is -1.46. The number of hydrogen-bond acceptors (Lipinski definition) is 4. The molecule has 0 heterocycles. The molecule has 0 aromatic heterocycles. The van der Waals surface area contributed by atoms with Gasteiger partial charge < -0.3 is 9.47 Å². The number of methoxy groups -OCH3 is 2. The van der Waals surface area contributed by atoms with E-state index in [1.165, 1.54) is 20.3 Å². The van der Waals surface area contributed by atoms with Crippen molar-refractivity contribution in [1.82, 2.24) is 0 Å².